The number of nitrogens with zero attached hydrogens (tertiary/aromatic N) is 1. The molecule has 5 heteroatoms. The van der Waals surface area contributed by atoms with Crippen molar-refractivity contribution in [3.05, 3.63) is 45.9 Å². The first kappa shape index (κ1) is 16.5. The van der Waals surface area contributed by atoms with Crippen molar-refractivity contribution in [1.29, 1.82) is 0 Å². The van der Waals surface area contributed by atoms with Gasteiger partial charge in [0.25, 0.3) is 5.91 Å². The van der Waals surface area contributed by atoms with Gasteiger partial charge < -0.3 is 5.32 Å². The summed E-state index contributed by atoms with van der Waals surface area (Å²) in [5.74, 6) is 0.932. The molecule has 0 atom stereocenters. The van der Waals surface area contributed by atoms with E-state index in [-0.39, 0.29) is 5.91 Å². The van der Waals surface area contributed by atoms with E-state index in [1.165, 1.54) is 24.2 Å². The molecule has 0 spiro atoms. The van der Waals surface area contributed by atoms with E-state index in [0.29, 0.717) is 6.04 Å². The maximum atomic E-state index is 12.3. The Hall–Kier alpha value is -1.33. The number of benzene rings is 1. The summed E-state index contributed by atoms with van der Waals surface area (Å²) in [4.78, 5) is 17.9. The number of nitrogens with one attached hydrogen (secondary N) is 1. The number of carbonyl (C=O) groups excluding carboxylic acids is 1. The van der Waals surface area contributed by atoms with Crippen molar-refractivity contribution in [3.63, 3.8) is 0 Å². The van der Waals surface area contributed by atoms with E-state index in [4.69, 9.17) is 0 Å². The van der Waals surface area contributed by atoms with E-state index in [1.54, 1.807) is 23.1 Å². The molecule has 122 valence electrons. The monoisotopic (exact) mass is 346 g/mol. The summed E-state index contributed by atoms with van der Waals surface area (Å²) >= 11 is 3.44. The zero-order valence-corrected chi connectivity index (χ0v) is 15.0. The van der Waals surface area contributed by atoms with Crippen LogP contribution in [0.3, 0.4) is 0 Å². The Labute approximate surface area is 145 Å². The number of hydrogen-bond acceptors (Lipinski definition) is 4. The Morgan fingerprint density at radius 3 is 2.65 bits per heavy atom. The van der Waals surface area contributed by atoms with E-state index in [2.05, 4.69) is 15.7 Å². The zero-order valence-electron chi connectivity index (χ0n) is 13.4. The first-order valence-electron chi connectivity index (χ1n) is 8.15. The highest BCUT2D eigenvalue weighted by Gasteiger charge is 2.16. The Bertz CT molecular complexity index is 645. The van der Waals surface area contributed by atoms with Crippen LogP contribution < -0.4 is 5.32 Å². The third-order valence-electron chi connectivity index (χ3n) is 4.11. The number of carbonyl (C=O) groups is 1. The second-order valence-corrected chi connectivity index (χ2v) is 8.09. The summed E-state index contributed by atoms with van der Waals surface area (Å²) in [5, 5.41) is 6.37. The van der Waals surface area contributed by atoms with E-state index in [0.717, 1.165) is 34.9 Å². The summed E-state index contributed by atoms with van der Waals surface area (Å²) in [6.07, 6.45) is 6.00. The van der Waals surface area contributed by atoms with E-state index >= 15 is 0 Å². The van der Waals surface area contributed by atoms with Gasteiger partial charge in [0.2, 0.25) is 0 Å². The molecule has 23 heavy (non-hydrogen) atoms. The van der Waals surface area contributed by atoms with Crippen LogP contribution in [0.1, 0.15) is 53.2 Å². The fraction of sp³-hybridized carbons (Fsp3) is 0.444. The first-order chi connectivity index (χ1) is 11.2. The standard InChI is InChI=1S/C18H22N2OS2/c1-13-19-16(11-22-13)12-23-17-9-7-14(8-10-17)18(21)20-15-5-3-2-4-6-15/h7-11,15H,2-6,12H2,1H3,(H,20,21). The van der Waals surface area contributed by atoms with Gasteiger partial charge in [-0.25, -0.2) is 4.98 Å². The van der Waals surface area contributed by atoms with Gasteiger partial charge in [0.15, 0.2) is 0 Å². The molecule has 0 saturated heterocycles. The van der Waals surface area contributed by atoms with Gasteiger partial charge in [0.05, 0.1) is 10.7 Å². The molecule has 1 fully saturated rings. The van der Waals surface area contributed by atoms with Crippen molar-refractivity contribution in [2.45, 2.75) is 55.7 Å². The Morgan fingerprint density at radius 2 is 2.00 bits per heavy atom. The number of aryl methyl sites for hydroxylation is 1. The van der Waals surface area contributed by atoms with Crippen molar-refractivity contribution in [2.75, 3.05) is 0 Å². The Morgan fingerprint density at radius 1 is 1.26 bits per heavy atom. The molecule has 3 nitrogen and oxygen atoms in total. The van der Waals surface area contributed by atoms with Gasteiger partial charge in [-0.05, 0) is 44.0 Å². The number of hydrogen-bond donors (Lipinski definition) is 1. The predicted molar refractivity (Wildman–Crippen MR) is 97.2 cm³/mol. The van der Waals surface area contributed by atoms with Gasteiger partial charge in [-0.15, -0.1) is 23.1 Å². The Balaban J connectivity index is 1.52. The van der Waals surface area contributed by atoms with Gasteiger partial charge in [-0.1, -0.05) is 19.3 Å². The highest BCUT2D eigenvalue weighted by atomic mass is 32.2. The van der Waals surface area contributed by atoms with Crippen LogP contribution in [-0.2, 0) is 5.75 Å². The Kier molecular flexibility index (Phi) is 5.73. The number of amides is 1. The maximum absolute atomic E-state index is 12.3. The van der Waals surface area contributed by atoms with Crippen LogP contribution in [0.15, 0.2) is 34.5 Å². The molecule has 0 bridgehead atoms. The summed E-state index contributed by atoms with van der Waals surface area (Å²) < 4.78 is 0. The minimum Gasteiger partial charge on any atom is -0.349 e. The van der Waals surface area contributed by atoms with Crippen molar-refractivity contribution in [3.8, 4) is 0 Å². The van der Waals surface area contributed by atoms with Crippen molar-refractivity contribution in [1.82, 2.24) is 10.3 Å². The number of aromatic nitrogens is 1. The molecule has 1 N–H and O–H groups in total. The predicted octanol–water partition coefficient (Wildman–Crippen LogP) is 4.81. The molecule has 2 aromatic rings. The summed E-state index contributed by atoms with van der Waals surface area (Å²) in [6, 6.07) is 8.26. The van der Waals surface area contributed by atoms with Crippen LogP contribution in [0.25, 0.3) is 0 Å². The lowest BCUT2D eigenvalue weighted by Gasteiger charge is -2.22. The minimum atomic E-state index is 0.0589. The summed E-state index contributed by atoms with van der Waals surface area (Å²) in [7, 11) is 0. The fourth-order valence-electron chi connectivity index (χ4n) is 2.85. The largest absolute Gasteiger partial charge is 0.349 e. The molecule has 1 aliphatic carbocycles. The van der Waals surface area contributed by atoms with Crippen molar-refractivity contribution < 1.29 is 4.79 Å². The average Bonchev–Trinajstić information content (AvgIpc) is 3.00. The highest BCUT2D eigenvalue weighted by molar-refractivity contribution is 7.98. The zero-order chi connectivity index (χ0) is 16.1. The first-order valence-corrected chi connectivity index (χ1v) is 10.0. The molecule has 0 radical (unpaired) electrons. The topological polar surface area (TPSA) is 42.0 Å². The van der Waals surface area contributed by atoms with Crippen molar-refractivity contribution >= 4 is 29.0 Å². The molecular formula is C18H22N2OS2. The van der Waals surface area contributed by atoms with Crippen LogP contribution in [0, 0.1) is 6.92 Å². The summed E-state index contributed by atoms with van der Waals surface area (Å²) in [6.45, 7) is 2.03. The summed E-state index contributed by atoms with van der Waals surface area (Å²) in [5.41, 5.74) is 1.88. The molecule has 0 aliphatic heterocycles. The van der Waals surface area contributed by atoms with E-state index < -0.39 is 0 Å². The van der Waals surface area contributed by atoms with Crippen LogP contribution in [0.4, 0.5) is 0 Å². The molecular weight excluding hydrogens is 324 g/mol. The number of thioether (sulfide) groups is 1. The second-order valence-electron chi connectivity index (χ2n) is 5.98. The van der Waals surface area contributed by atoms with Gasteiger partial charge in [0, 0.05) is 27.6 Å². The van der Waals surface area contributed by atoms with Crippen molar-refractivity contribution in [2.24, 2.45) is 0 Å². The van der Waals surface area contributed by atoms with Crippen LogP contribution in [0.2, 0.25) is 0 Å². The second kappa shape index (κ2) is 7.97. The number of rotatable bonds is 5. The number of thiazole rings is 1. The smallest absolute Gasteiger partial charge is 0.251 e. The fourth-order valence-corrected chi connectivity index (χ4v) is 4.36. The van der Waals surface area contributed by atoms with Crippen LogP contribution >= 0.6 is 23.1 Å². The lowest BCUT2D eigenvalue weighted by molar-refractivity contribution is 0.0927. The molecule has 1 aromatic carbocycles. The highest BCUT2D eigenvalue weighted by Crippen LogP contribution is 2.24. The lowest BCUT2D eigenvalue weighted by atomic mass is 9.95. The van der Waals surface area contributed by atoms with Crippen LogP contribution in [0.5, 0.6) is 0 Å². The van der Waals surface area contributed by atoms with Gasteiger partial charge in [-0.2, -0.15) is 0 Å². The van der Waals surface area contributed by atoms with Gasteiger partial charge in [0.1, 0.15) is 0 Å². The molecule has 1 saturated carbocycles. The van der Waals surface area contributed by atoms with Gasteiger partial charge in [-0.3, -0.25) is 4.79 Å². The molecule has 3 rings (SSSR count). The maximum Gasteiger partial charge on any atom is 0.251 e. The van der Waals surface area contributed by atoms with Crippen LogP contribution in [-0.4, -0.2) is 16.9 Å². The van der Waals surface area contributed by atoms with E-state index in [9.17, 15) is 4.79 Å². The SMILES string of the molecule is Cc1nc(CSc2ccc(C(=O)NC3CCCCC3)cc2)cs1. The molecule has 1 heterocycles. The quantitative estimate of drug-likeness (QED) is 0.790. The molecule has 0 unspecified atom stereocenters. The van der Waals surface area contributed by atoms with Gasteiger partial charge >= 0.3 is 0 Å². The third-order valence-corrected chi connectivity index (χ3v) is 5.98. The third kappa shape index (κ3) is 4.82. The normalized spacial score (nSPS) is 15.5. The average molecular weight is 347 g/mol. The lowest BCUT2D eigenvalue weighted by Crippen LogP contribution is -2.36. The molecule has 1 amide bonds. The molecule has 1 aliphatic rings. The molecule has 1 aromatic heterocycles. The van der Waals surface area contributed by atoms with E-state index in [1.807, 2.05) is 31.2 Å². The minimum absolute atomic E-state index is 0.0589.